The van der Waals surface area contributed by atoms with E-state index in [0.717, 1.165) is 0 Å². The Hall–Kier alpha value is -1.05. The van der Waals surface area contributed by atoms with Crippen LogP contribution in [0.2, 0.25) is 0 Å². The summed E-state index contributed by atoms with van der Waals surface area (Å²) in [5.74, 6) is -0.408. The molecule has 0 atom stereocenters. The Bertz CT molecular complexity index is 571. The highest BCUT2D eigenvalue weighted by Gasteiger charge is 1.99. The van der Waals surface area contributed by atoms with Crippen molar-refractivity contribution < 1.29 is 71.1 Å². The second kappa shape index (κ2) is 39.1. The zero-order valence-corrected chi connectivity index (χ0v) is 27.9. The number of hydrogen-bond donors (Lipinski definition) is 0. The van der Waals surface area contributed by atoms with E-state index in [2.05, 4.69) is 4.74 Å². The summed E-state index contributed by atoms with van der Waals surface area (Å²) in [5.41, 5.74) is 0. The first-order valence-corrected chi connectivity index (χ1v) is 15.8. The maximum Gasteiger partial charge on any atom is 0.331 e. The lowest BCUT2D eigenvalue weighted by Gasteiger charge is -2.09. The predicted octanol–water partition coefficient (Wildman–Crippen LogP) is 0.784. The second-order valence-corrected chi connectivity index (χ2v) is 9.28. The monoisotopic (exact) mass is 660 g/mol. The molecule has 0 heterocycles. The van der Waals surface area contributed by atoms with Crippen molar-refractivity contribution in [3.05, 3.63) is 0 Å². The summed E-state index contributed by atoms with van der Waals surface area (Å²) in [6.45, 7) is 15.8. The van der Waals surface area contributed by atoms with Crippen LogP contribution < -0.4 is 0 Å². The second-order valence-electron chi connectivity index (χ2n) is 9.28. The summed E-state index contributed by atoms with van der Waals surface area (Å²) in [5, 5.41) is 0. The minimum atomic E-state index is -0.408. The lowest BCUT2D eigenvalue weighted by molar-refractivity contribution is -0.146. The maximum absolute atomic E-state index is 10.9. The lowest BCUT2D eigenvalue weighted by atomic mass is 10.5. The molecular formula is C30H60O15. The molecule has 0 aliphatic rings. The molecule has 0 rings (SSSR count). The third kappa shape index (κ3) is 40.9. The van der Waals surface area contributed by atoms with Crippen molar-refractivity contribution in [3.63, 3.8) is 0 Å². The van der Waals surface area contributed by atoms with Gasteiger partial charge in [0.25, 0.3) is 0 Å². The van der Waals surface area contributed by atoms with Gasteiger partial charge in [0.2, 0.25) is 0 Å². The van der Waals surface area contributed by atoms with Crippen LogP contribution in [0, 0.1) is 0 Å². The molecule has 0 aromatic heterocycles. The molecule has 0 aliphatic heterocycles. The summed E-state index contributed by atoms with van der Waals surface area (Å²) in [6, 6.07) is 0. The molecule has 0 aromatic rings. The summed E-state index contributed by atoms with van der Waals surface area (Å²) < 4.78 is 74.7. The first kappa shape index (κ1) is 43.9. The molecule has 0 spiro atoms. The van der Waals surface area contributed by atoms with E-state index in [4.69, 9.17) is 61.6 Å². The van der Waals surface area contributed by atoms with E-state index in [1.807, 2.05) is 13.8 Å². The molecule has 0 unspecified atom stereocenters. The van der Waals surface area contributed by atoms with Crippen LogP contribution >= 0.6 is 0 Å². The van der Waals surface area contributed by atoms with Crippen molar-refractivity contribution in [1.29, 1.82) is 0 Å². The Morgan fingerprint density at radius 2 is 0.556 bits per heavy atom. The highest BCUT2D eigenvalue weighted by atomic mass is 16.6. The smallest absolute Gasteiger partial charge is 0.331 e. The molecule has 0 radical (unpaired) electrons. The zero-order valence-electron chi connectivity index (χ0n) is 27.9. The highest BCUT2D eigenvalue weighted by Crippen LogP contribution is 1.89. The van der Waals surface area contributed by atoms with Gasteiger partial charge in [0.15, 0.2) is 0 Å². The Labute approximate surface area is 269 Å². The van der Waals surface area contributed by atoms with Gasteiger partial charge in [-0.3, -0.25) is 0 Å². The van der Waals surface area contributed by atoms with Gasteiger partial charge < -0.3 is 66.3 Å². The molecule has 0 saturated heterocycles. The van der Waals surface area contributed by atoms with Gasteiger partial charge in [-0.1, -0.05) is 0 Å². The van der Waals surface area contributed by atoms with Gasteiger partial charge in [0.05, 0.1) is 172 Å². The van der Waals surface area contributed by atoms with Crippen LogP contribution in [0.5, 0.6) is 0 Å². The minimum Gasteiger partial charge on any atom is -0.467 e. The van der Waals surface area contributed by atoms with Gasteiger partial charge in [-0.15, -0.1) is 0 Å². The van der Waals surface area contributed by atoms with Crippen molar-refractivity contribution in [2.24, 2.45) is 0 Å². The molecule has 15 nitrogen and oxygen atoms in total. The number of rotatable bonds is 39. The van der Waals surface area contributed by atoms with Gasteiger partial charge in [-0.05, 0) is 13.8 Å². The van der Waals surface area contributed by atoms with Crippen LogP contribution in [0.15, 0.2) is 0 Å². The van der Waals surface area contributed by atoms with Crippen molar-refractivity contribution in [2.45, 2.75) is 20.0 Å². The number of hydrogen-bond acceptors (Lipinski definition) is 15. The van der Waals surface area contributed by atoms with Gasteiger partial charge in [-0.2, -0.15) is 0 Å². The van der Waals surface area contributed by atoms with E-state index in [-0.39, 0.29) is 12.7 Å². The molecule has 0 saturated carbocycles. The molecule has 270 valence electrons. The Kier molecular flexibility index (Phi) is 38.2. The van der Waals surface area contributed by atoms with E-state index >= 15 is 0 Å². The fraction of sp³-hybridized carbons (Fsp3) is 0.967. The average Bonchev–Trinajstić information content (AvgIpc) is 3.03. The SMILES string of the molecule is COC(=O)COCCOCCOCCOCCOCCOCCOCCOCCOCCOCCOCCOCCOC(C)C. The third-order valence-corrected chi connectivity index (χ3v) is 5.22. The van der Waals surface area contributed by atoms with Crippen LogP contribution in [0.3, 0.4) is 0 Å². The highest BCUT2D eigenvalue weighted by molar-refractivity contribution is 5.70. The quantitative estimate of drug-likeness (QED) is 0.0676. The van der Waals surface area contributed by atoms with Crippen LogP contribution in [0.4, 0.5) is 0 Å². The fourth-order valence-corrected chi connectivity index (χ4v) is 2.98. The van der Waals surface area contributed by atoms with Crippen LogP contribution in [0.1, 0.15) is 13.8 Å². The van der Waals surface area contributed by atoms with Crippen molar-refractivity contribution in [3.8, 4) is 0 Å². The molecule has 0 bridgehead atoms. The molecular weight excluding hydrogens is 600 g/mol. The zero-order chi connectivity index (χ0) is 32.7. The van der Waals surface area contributed by atoms with Crippen LogP contribution in [-0.4, -0.2) is 184 Å². The number of carbonyl (C=O) groups excluding carboxylic acids is 1. The Morgan fingerprint density at radius 3 is 0.756 bits per heavy atom. The predicted molar refractivity (Wildman–Crippen MR) is 163 cm³/mol. The average molecular weight is 661 g/mol. The van der Waals surface area contributed by atoms with E-state index in [0.29, 0.717) is 159 Å². The number of carbonyl (C=O) groups is 1. The summed E-state index contributed by atoms with van der Waals surface area (Å²) in [7, 11) is 1.31. The largest absolute Gasteiger partial charge is 0.467 e. The molecule has 45 heavy (non-hydrogen) atoms. The van der Waals surface area contributed by atoms with Crippen LogP contribution in [-0.2, 0) is 71.1 Å². The molecule has 0 fully saturated rings. The molecule has 0 amide bonds. The standard InChI is InChI=1S/C30H60O15/c1-29(2)45-27-26-43-23-22-41-19-18-39-15-14-37-11-10-35-7-6-33-4-5-34-8-9-36-12-13-38-16-17-40-20-21-42-24-25-44-28-30(31)32-3/h29H,4-28H2,1-3H3. The van der Waals surface area contributed by atoms with Crippen molar-refractivity contribution in [2.75, 3.05) is 172 Å². The van der Waals surface area contributed by atoms with E-state index < -0.39 is 5.97 Å². The molecule has 0 N–H and O–H groups in total. The molecule has 0 aliphatic carbocycles. The number of methoxy groups -OCH3 is 1. The topological polar surface area (TPSA) is 146 Å². The first-order chi connectivity index (χ1) is 22.2. The maximum atomic E-state index is 10.9. The van der Waals surface area contributed by atoms with E-state index in [1.165, 1.54) is 7.11 Å². The van der Waals surface area contributed by atoms with Gasteiger partial charge in [0.1, 0.15) is 6.61 Å². The molecule has 0 aromatic carbocycles. The fourth-order valence-electron chi connectivity index (χ4n) is 2.98. The minimum absolute atomic E-state index is 0.0708. The Morgan fingerprint density at radius 1 is 0.356 bits per heavy atom. The number of esters is 1. The van der Waals surface area contributed by atoms with Crippen LogP contribution in [0.25, 0.3) is 0 Å². The van der Waals surface area contributed by atoms with Gasteiger partial charge >= 0.3 is 5.97 Å². The normalized spacial score (nSPS) is 11.6. The van der Waals surface area contributed by atoms with Crippen molar-refractivity contribution in [1.82, 2.24) is 0 Å². The summed E-state index contributed by atoms with van der Waals surface area (Å²) in [4.78, 5) is 10.9. The summed E-state index contributed by atoms with van der Waals surface area (Å²) >= 11 is 0. The van der Waals surface area contributed by atoms with Gasteiger partial charge in [0, 0.05) is 0 Å². The number of ether oxygens (including phenoxy) is 14. The third-order valence-electron chi connectivity index (χ3n) is 5.22. The van der Waals surface area contributed by atoms with Gasteiger partial charge in [-0.25, -0.2) is 4.79 Å². The van der Waals surface area contributed by atoms with E-state index in [1.54, 1.807) is 0 Å². The van der Waals surface area contributed by atoms with Crippen molar-refractivity contribution >= 4 is 5.97 Å². The Balaban J connectivity index is 3.05. The first-order valence-electron chi connectivity index (χ1n) is 15.8. The summed E-state index contributed by atoms with van der Waals surface area (Å²) in [6.07, 6.45) is 0.227. The lowest BCUT2D eigenvalue weighted by Crippen LogP contribution is -2.16. The molecule has 15 heteroatoms. The van der Waals surface area contributed by atoms with E-state index in [9.17, 15) is 4.79 Å².